The van der Waals surface area contributed by atoms with Crippen molar-refractivity contribution in [2.75, 3.05) is 6.61 Å². The van der Waals surface area contributed by atoms with Crippen molar-refractivity contribution in [2.45, 2.75) is 56.7 Å². The van der Waals surface area contributed by atoms with Gasteiger partial charge in [-0.2, -0.15) is 5.26 Å². The van der Waals surface area contributed by atoms with Crippen LogP contribution in [0.5, 0.6) is 0 Å². The van der Waals surface area contributed by atoms with Crippen molar-refractivity contribution in [3.05, 3.63) is 33.3 Å². The summed E-state index contributed by atoms with van der Waals surface area (Å²) in [4.78, 5) is 11.7. The number of nitrogens with zero attached hydrogens (tertiary/aromatic N) is 1. The standard InChI is InChI=1S/C18H21BrClNO2/c1-2-23-18(22)16(20)10-12-8-14(11-21)17(15(19)9-12)13-6-4-3-5-7-13/h8-9,13,16H,2-7,10H2,1H3. The smallest absolute Gasteiger partial charge is 0.324 e. The molecule has 1 unspecified atom stereocenters. The second-order valence-electron chi connectivity index (χ2n) is 5.91. The fraction of sp³-hybridized carbons (Fsp3) is 0.556. The van der Waals surface area contributed by atoms with Gasteiger partial charge in [-0.15, -0.1) is 11.6 Å². The molecule has 3 nitrogen and oxygen atoms in total. The average Bonchev–Trinajstić information content (AvgIpc) is 2.55. The summed E-state index contributed by atoms with van der Waals surface area (Å²) in [6, 6.07) is 6.16. The predicted octanol–water partition coefficient (Wildman–Crippen LogP) is 5.08. The first-order valence-electron chi connectivity index (χ1n) is 8.10. The molecule has 0 heterocycles. The van der Waals surface area contributed by atoms with E-state index < -0.39 is 11.3 Å². The summed E-state index contributed by atoms with van der Waals surface area (Å²) in [6.45, 7) is 2.07. The Bertz CT molecular complexity index is 606. The fourth-order valence-corrected chi connectivity index (χ4v) is 4.29. The topological polar surface area (TPSA) is 50.1 Å². The van der Waals surface area contributed by atoms with Crippen LogP contribution in [-0.2, 0) is 16.0 Å². The minimum absolute atomic E-state index is 0.315. The molecule has 1 aromatic rings. The van der Waals surface area contributed by atoms with Crippen LogP contribution < -0.4 is 0 Å². The largest absolute Gasteiger partial charge is 0.465 e. The summed E-state index contributed by atoms with van der Waals surface area (Å²) >= 11 is 9.73. The number of carbonyl (C=O) groups excluding carboxylic acids is 1. The number of halogens is 2. The molecule has 1 saturated carbocycles. The Labute approximate surface area is 151 Å². The second-order valence-corrected chi connectivity index (χ2v) is 7.29. The molecule has 1 fully saturated rings. The molecule has 0 amide bonds. The van der Waals surface area contributed by atoms with E-state index in [1.54, 1.807) is 6.92 Å². The zero-order valence-electron chi connectivity index (χ0n) is 13.3. The highest BCUT2D eigenvalue weighted by Gasteiger charge is 2.23. The first-order valence-corrected chi connectivity index (χ1v) is 9.32. The summed E-state index contributed by atoms with van der Waals surface area (Å²) in [5, 5.41) is 8.80. The quantitative estimate of drug-likeness (QED) is 0.513. The Morgan fingerprint density at radius 2 is 2.13 bits per heavy atom. The van der Waals surface area contributed by atoms with Gasteiger partial charge in [0.05, 0.1) is 18.2 Å². The predicted molar refractivity (Wildman–Crippen MR) is 94.7 cm³/mol. The van der Waals surface area contributed by atoms with Crippen LogP contribution in [0.3, 0.4) is 0 Å². The van der Waals surface area contributed by atoms with Crippen LogP contribution in [0.4, 0.5) is 0 Å². The second kappa shape index (κ2) is 8.70. The number of ether oxygens (including phenoxy) is 1. The van der Waals surface area contributed by atoms with Gasteiger partial charge in [0, 0.05) is 4.47 Å². The third-order valence-corrected chi connectivity index (χ3v) is 5.27. The van der Waals surface area contributed by atoms with Gasteiger partial charge in [-0.1, -0.05) is 35.2 Å². The van der Waals surface area contributed by atoms with Gasteiger partial charge < -0.3 is 4.74 Å². The fourth-order valence-electron chi connectivity index (χ4n) is 3.21. The van der Waals surface area contributed by atoms with Gasteiger partial charge in [0.2, 0.25) is 0 Å². The maximum Gasteiger partial charge on any atom is 0.324 e. The Morgan fingerprint density at radius 1 is 1.43 bits per heavy atom. The zero-order valence-corrected chi connectivity index (χ0v) is 15.6. The van der Waals surface area contributed by atoms with Gasteiger partial charge in [0.25, 0.3) is 0 Å². The maximum absolute atomic E-state index is 11.7. The third kappa shape index (κ3) is 4.71. The van der Waals surface area contributed by atoms with Crippen molar-refractivity contribution in [3.8, 4) is 6.07 Å². The van der Waals surface area contributed by atoms with E-state index in [4.69, 9.17) is 16.3 Å². The number of benzene rings is 1. The minimum atomic E-state index is -0.728. The number of hydrogen-bond acceptors (Lipinski definition) is 3. The molecule has 124 valence electrons. The normalized spacial score (nSPS) is 16.6. The Morgan fingerprint density at radius 3 is 2.74 bits per heavy atom. The summed E-state index contributed by atoms with van der Waals surface area (Å²) in [5.74, 6) is 0.0267. The number of carbonyl (C=O) groups is 1. The van der Waals surface area contributed by atoms with Gasteiger partial charge in [0.15, 0.2) is 0 Å². The molecule has 23 heavy (non-hydrogen) atoms. The van der Waals surface area contributed by atoms with Crippen molar-refractivity contribution in [2.24, 2.45) is 0 Å². The molecular weight excluding hydrogens is 378 g/mol. The first kappa shape index (κ1) is 18.3. The summed E-state index contributed by atoms with van der Waals surface area (Å²) in [7, 11) is 0. The van der Waals surface area contributed by atoms with E-state index in [0.717, 1.165) is 28.4 Å². The number of alkyl halides is 1. The van der Waals surface area contributed by atoms with Crippen molar-refractivity contribution >= 4 is 33.5 Å². The first-order chi connectivity index (χ1) is 11.1. The maximum atomic E-state index is 11.7. The monoisotopic (exact) mass is 397 g/mol. The van der Waals surface area contributed by atoms with E-state index in [0.29, 0.717) is 24.5 Å². The molecule has 5 heteroatoms. The molecular formula is C18H21BrClNO2. The molecule has 1 aliphatic rings. The van der Waals surface area contributed by atoms with Crippen molar-refractivity contribution in [1.82, 2.24) is 0 Å². The highest BCUT2D eigenvalue weighted by molar-refractivity contribution is 9.10. The average molecular weight is 399 g/mol. The number of rotatable bonds is 5. The van der Waals surface area contributed by atoms with E-state index in [1.165, 1.54) is 19.3 Å². The van der Waals surface area contributed by atoms with Crippen molar-refractivity contribution in [3.63, 3.8) is 0 Å². The minimum Gasteiger partial charge on any atom is -0.465 e. The molecule has 0 aliphatic heterocycles. The van der Waals surface area contributed by atoms with E-state index in [9.17, 15) is 10.1 Å². The lowest BCUT2D eigenvalue weighted by molar-refractivity contribution is -0.142. The van der Waals surface area contributed by atoms with Crippen LogP contribution in [0.2, 0.25) is 0 Å². The van der Waals surface area contributed by atoms with Gasteiger partial charge in [0.1, 0.15) is 5.38 Å². The lowest BCUT2D eigenvalue weighted by Gasteiger charge is -2.24. The van der Waals surface area contributed by atoms with E-state index >= 15 is 0 Å². The van der Waals surface area contributed by atoms with Crippen LogP contribution in [0, 0.1) is 11.3 Å². The number of hydrogen-bond donors (Lipinski definition) is 0. The summed E-state index contributed by atoms with van der Waals surface area (Å²) < 4.78 is 5.88. The Hall–Kier alpha value is -1.05. The van der Waals surface area contributed by atoms with Gasteiger partial charge in [-0.05, 0) is 55.4 Å². The highest BCUT2D eigenvalue weighted by Crippen LogP contribution is 2.39. The van der Waals surface area contributed by atoms with Crippen molar-refractivity contribution in [1.29, 1.82) is 5.26 Å². The van der Waals surface area contributed by atoms with Gasteiger partial charge in [-0.3, -0.25) is 4.79 Å². The van der Waals surface area contributed by atoms with Crippen LogP contribution >= 0.6 is 27.5 Å². The Kier molecular flexibility index (Phi) is 6.92. The molecule has 1 aromatic carbocycles. The van der Waals surface area contributed by atoms with Crippen LogP contribution in [0.15, 0.2) is 16.6 Å². The van der Waals surface area contributed by atoms with Crippen LogP contribution in [0.25, 0.3) is 0 Å². The summed E-state index contributed by atoms with van der Waals surface area (Å²) in [6.07, 6.45) is 6.34. The lowest BCUT2D eigenvalue weighted by Crippen LogP contribution is -2.20. The SMILES string of the molecule is CCOC(=O)C(Cl)Cc1cc(Br)c(C2CCCCC2)c(C#N)c1. The lowest BCUT2D eigenvalue weighted by atomic mass is 9.81. The molecule has 0 aromatic heterocycles. The van der Waals surface area contributed by atoms with E-state index in [-0.39, 0.29) is 0 Å². The van der Waals surface area contributed by atoms with E-state index in [2.05, 4.69) is 22.0 Å². The van der Waals surface area contributed by atoms with Gasteiger partial charge in [-0.25, -0.2) is 0 Å². The highest BCUT2D eigenvalue weighted by atomic mass is 79.9. The van der Waals surface area contributed by atoms with E-state index in [1.807, 2.05) is 12.1 Å². The molecule has 0 bridgehead atoms. The number of nitriles is 1. The molecule has 2 rings (SSSR count). The Balaban J connectivity index is 2.22. The molecule has 0 saturated heterocycles. The zero-order chi connectivity index (χ0) is 16.8. The van der Waals surface area contributed by atoms with Crippen LogP contribution in [-0.4, -0.2) is 18.0 Å². The molecule has 1 atom stereocenters. The summed E-state index contributed by atoms with van der Waals surface area (Å²) in [5.41, 5.74) is 2.67. The van der Waals surface area contributed by atoms with Gasteiger partial charge >= 0.3 is 5.97 Å². The van der Waals surface area contributed by atoms with Crippen LogP contribution in [0.1, 0.15) is 61.6 Å². The molecule has 0 spiro atoms. The molecule has 1 aliphatic carbocycles. The van der Waals surface area contributed by atoms with Crippen molar-refractivity contribution < 1.29 is 9.53 Å². The number of esters is 1. The molecule has 0 N–H and O–H groups in total. The molecule has 0 radical (unpaired) electrons. The third-order valence-electron chi connectivity index (χ3n) is 4.28.